The molecule has 11 heteroatoms. The minimum Gasteiger partial charge on any atom is -0.405 e. The standard InChI is InChI=1S/C27H22F6N2O3/c1-25(15-36,13-17-14-34-22-9-5-3-7-19(17)22)35-24(37)20-12-16(10-11-23(20)38-27(31,32)33)18-6-2-4-8-21(18)26(28,29)30/h2-12,14,34,36H,13,15H2,1H3,(H,35,37). The maximum Gasteiger partial charge on any atom is 0.573 e. The number of fused-ring (bicyclic) bond motifs is 1. The van der Waals surface area contributed by atoms with Crippen molar-refractivity contribution < 1.29 is 41.0 Å². The van der Waals surface area contributed by atoms with Gasteiger partial charge in [0.05, 0.1) is 23.3 Å². The Balaban J connectivity index is 1.72. The zero-order valence-corrected chi connectivity index (χ0v) is 19.9. The number of ether oxygens (including phenoxy) is 1. The summed E-state index contributed by atoms with van der Waals surface area (Å²) in [6.45, 7) is 0.921. The number of rotatable bonds is 7. The van der Waals surface area contributed by atoms with Crippen LogP contribution in [0.2, 0.25) is 0 Å². The van der Waals surface area contributed by atoms with Gasteiger partial charge in [0.25, 0.3) is 5.91 Å². The molecule has 38 heavy (non-hydrogen) atoms. The molecule has 5 nitrogen and oxygen atoms in total. The first kappa shape index (κ1) is 27.1. The maximum atomic E-state index is 13.6. The molecule has 0 fully saturated rings. The predicted octanol–water partition coefficient (Wildman–Crippen LogP) is 6.48. The van der Waals surface area contributed by atoms with Gasteiger partial charge in [-0.3, -0.25) is 4.79 Å². The van der Waals surface area contributed by atoms with Crippen LogP contribution in [0.25, 0.3) is 22.0 Å². The Kier molecular flexibility index (Phi) is 7.16. The Hall–Kier alpha value is -3.99. The van der Waals surface area contributed by atoms with Crippen LogP contribution in [0, 0.1) is 0 Å². The molecule has 1 unspecified atom stereocenters. The van der Waals surface area contributed by atoms with E-state index in [2.05, 4.69) is 15.0 Å². The Morgan fingerprint density at radius 1 is 0.974 bits per heavy atom. The lowest BCUT2D eigenvalue weighted by Crippen LogP contribution is -2.50. The van der Waals surface area contributed by atoms with E-state index >= 15 is 0 Å². The van der Waals surface area contributed by atoms with E-state index < -0.39 is 47.5 Å². The van der Waals surface area contributed by atoms with Gasteiger partial charge < -0.3 is 20.1 Å². The minimum atomic E-state index is -5.16. The SMILES string of the molecule is CC(CO)(Cc1c[nH]c2ccccc12)NC(=O)c1cc(-c2ccccc2C(F)(F)F)ccc1OC(F)(F)F. The molecule has 1 amide bonds. The number of nitrogens with one attached hydrogen (secondary N) is 2. The van der Waals surface area contributed by atoms with E-state index in [1.165, 1.54) is 19.1 Å². The van der Waals surface area contributed by atoms with Gasteiger partial charge in [-0.15, -0.1) is 13.2 Å². The van der Waals surface area contributed by atoms with E-state index in [4.69, 9.17) is 0 Å². The molecule has 0 saturated heterocycles. The third-order valence-electron chi connectivity index (χ3n) is 6.01. The Morgan fingerprint density at radius 2 is 1.66 bits per heavy atom. The predicted molar refractivity (Wildman–Crippen MR) is 129 cm³/mol. The molecule has 200 valence electrons. The van der Waals surface area contributed by atoms with E-state index in [-0.39, 0.29) is 17.5 Å². The highest BCUT2D eigenvalue weighted by atomic mass is 19.4. The Morgan fingerprint density at radius 3 is 2.34 bits per heavy atom. The molecular weight excluding hydrogens is 514 g/mol. The fourth-order valence-electron chi connectivity index (χ4n) is 4.25. The number of carbonyl (C=O) groups is 1. The topological polar surface area (TPSA) is 74.4 Å². The zero-order chi connectivity index (χ0) is 27.7. The molecule has 0 spiro atoms. The van der Waals surface area contributed by atoms with Gasteiger partial charge in [0.2, 0.25) is 0 Å². The molecule has 4 aromatic rings. The maximum absolute atomic E-state index is 13.6. The van der Waals surface area contributed by atoms with Gasteiger partial charge in [-0.2, -0.15) is 13.2 Å². The summed E-state index contributed by atoms with van der Waals surface area (Å²) in [6.07, 6.45) is -8.11. The average Bonchev–Trinajstić information content (AvgIpc) is 3.25. The van der Waals surface area contributed by atoms with Crippen LogP contribution in [-0.4, -0.2) is 34.5 Å². The monoisotopic (exact) mass is 536 g/mol. The van der Waals surface area contributed by atoms with Crippen LogP contribution in [0.1, 0.15) is 28.4 Å². The van der Waals surface area contributed by atoms with E-state index in [0.717, 1.165) is 46.8 Å². The number of aliphatic hydroxyl groups is 1. The van der Waals surface area contributed by atoms with Crippen molar-refractivity contribution in [2.24, 2.45) is 0 Å². The smallest absolute Gasteiger partial charge is 0.405 e. The van der Waals surface area contributed by atoms with Crippen molar-refractivity contribution in [3.8, 4) is 16.9 Å². The lowest BCUT2D eigenvalue weighted by Gasteiger charge is -2.29. The van der Waals surface area contributed by atoms with Crippen LogP contribution in [0.15, 0.2) is 72.9 Å². The molecule has 4 rings (SSSR count). The van der Waals surface area contributed by atoms with Crippen LogP contribution in [0.3, 0.4) is 0 Å². The number of alkyl halides is 6. The quantitative estimate of drug-likeness (QED) is 0.237. The van der Waals surface area contributed by atoms with Crippen LogP contribution < -0.4 is 10.1 Å². The molecular formula is C27H22F6N2O3. The number of aromatic nitrogens is 1. The number of aliphatic hydroxyl groups excluding tert-OH is 1. The molecule has 0 bridgehead atoms. The van der Waals surface area contributed by atoms with E-state index in [0.29, 0.717) is 0 Å². The summed E-state index contributed by atoms with van der Waals surface area (Å²) in [5, 5.41) is 13.5. The number of carbonyl (C=O) groups excluding carboxylic acids is 1. The lowest BCUT2D eigenvalue weighted by molar-refractivity contribution is -0.274. The molecule has 0 saturated carbocycles. The summed E-state index contributed by atoms with van der Waals surface area (Å²) in [4.78, 5) is 16.4. The van der Waals surface area contributed by atoms with E-state index in [9.17, 15) is 36.2 Å². The number of aromatic amines is 1. The number of para-hydroxylation sites is 1. The van der Waals surface area contributed by atoms with Crippen molar-refractivity contribution in [1.29, 1.82) is 0 Å². The molecule has 1 aromatic heterocycles. The van der Waals surface area contributed by atoms with Crippen molar-refractivity contribution in [2.45, 2.75) is 31.4 Å². The van der Waals surface area contributed by atoms with Gasteiger partial charge in [0.1, 0.15) is 5.75 Å². The second-order valence-electron chi connectivity index (χ2n) is 9.01. The highest BCUT2D eigenvalue weighted by Gasteiger charge is 2.36. The third-order valence-corrected chi connectivity index (χ3v) is 6.01. The largest absolute Gasteiger partial charge is 0.573 e. The number of benzene rings is 3. The van der Waals surface area contributed by atoms with E-state index in [1.807, 2.05) is 18.2 Å². The molecule has 1 atom stereocenters. The first-order valence-electron chi connectivity index (χ1n) is 11.3. The van der Waals surface area contributed by atoms with Gasteiger partial charge >= 0.3 is 12.5 Å². The first-order valence-corrected chi connectivity index (χ1v) is 11.3. The van der Waals surface area contributed by atoms with Crippen molar-refractivity contribution in [2.75, 3.05) is 6.61 Å². The summed E-state index contributed by atoms with van der Waals surface area (Å²) < 4.78 is 84.0. The second-order valence-corrected chi connectivity index (χ2v) is 9.01. The van der Waals surface area contributed by atoms with Gasteiger partial charge in [0, 0.05) is 17.1 Å². The summed E-state index contributed by atoms with van der Waals surface area (Å²) in [6, 6.07) is 14.5. The summed E-state index contributed by atoms with van der Waals surface area (Å²) in [5.41, 5.74) is -1.91. The van der Waals surface area contributed by atoms with Crippen molar-refractivity contribution in [1.82, 2.24) is 10.3 Å². The van der Waals surface area contributed by atoms with Crippen molar-refractivity contribution in [3.63, 3.8) is 0 Å². The highest BCUT2D eigenvalue weighted by molar-refractivity contribution is 5.99. The Labute approximate surface area is 213 Å². The molecule has 3 N–H and O–H groups in total. The summed E-state index contributed by atoms with van der Waals surface area (Å²) in [5.74, 6) is -1.96. The second kappa shape index (κ2) is 10.1. The number of hydrogen-bond acceptors (Lipinski definition) is 3. The van der Waals surface area contributed by atoms with Crippen LogP contribution >= 0.6 is 0 Å². The third kappa shape index (κ3) is 5.94. The molecule has 0 aliphatic heterocycles. The van der Waals surface area contributed by atoms with Crippen molar-refractivity contribution in [3.05, 3.63) is 89.6 Å². The van der Waals surface area contributed by atoms with Gasteiger partial charge in [-0.1, -0.05) is 42.5 Å². The number of amides is 1. The molecule has 3 aromatic carbocycles. The zero-order valence-electron chi connectivity index (χ0n) is 19.9. The molecule has 0 aliphatic carbocycles. The van der Waals surface area contributed by atoms with Gasteiger partial charge in [0.15, 0.2) is 0 Å². The van der Waals surface area contributed by atoms with Crippen LogP contribution in [0.4, 0.5) is 26.3 Å². The number of hydrogen-bond donors (Lipinski definition) is 3. The minimum absolute atomic E-state index is 0.102. The molecule has 1 heterocycles. The van der Waals surface area contributed by atoms with Gasteiger partial charge in [-0.25, -0.2) is 0 Å². The number of H-pyrrole nitrogens is 1. The van der Waals surface area contributed by atoms with E-state index in [1.54, 1.807) is 12.3 Å². The summed E-state index contributed by atoms with van der Waals surface area (Å²) >= 11 is 0. The molecule has 0 radical (unpaired) electrons. The van der Waals surface area contributed by atoms with Crippen LogP contribution in [-0.2, 0) is 12.6 Å². The first-order chi connectivity index (χ1) is 17.8. The van der Waals surface area contributed by atoms with Crippen LogP contribution in [0.5, 0.6) is 5.75 Å². The Bertz CT molecular complexity index is 1460. The van der Waals surface area contributed by atoms with Gasteiger partial charge in [-0.05, 0) is 54.3 Å². The fraction of sp³-hybridized carbons (Fsp3) is 0.222. The fourth-order valence-corrected chi connectivity index (χ4v) is 4.25. The normalized spacial score (nSPS) is 13.8. The lowest BCUT2D eigenvalue weighted by atomic mass is 9.92. The average molecular weight is 536 g/mol. The highest BCUT2D eigenvalue weighted by Crippen LogP contribution is 2.39. The summed E-state index contributed by atoms with van der Waals surface area (Å²) in [7, 11) is 0. The number of halogens is 6. The molecule has 0 aliphatic rings. The van der Waals surface area contributed by atoms with Crippen molar-refractivity contribution >= 4 is 16.8 Å².